The van der Waals surface area contributed by atoms with Gasteiger partial charge in [-0.25, -0.2) is 4.98 Å². The molecule has 4 rings (SSSR count). The van der Waals surface area contributed by atoms with Gasteiger partial charge in [0.2, 0.25) is 0 Å². The molecule has 0 radical (unpaired) electrons. The molecule has 0 saturated heterocycles. The molecule has 26 heavy (non-hydrogen) atoms. The van der Waals surface area contributed by atoms with Crippen LogP contribution in [0.2, 0.25) is 0 Å². The van der Waals surface area contributed by atoms with Crippen molar-refractivity contribution < 1.29 is 4.79 Å². The van der Waals surface area contributed by atoms with Gasteiger partial charge in [0.1, 0.15) is 10.0 Å². The van der Waals surface area contributed by atoms with Gasteiger partial charge in [-0.05, 0) is 63.4 Å². The van der Waals surface area contributed by atoms with Gasteiger partial charge < -0.3 is 5.32 Å². The zero-order valence-electron chi connectivity index (χ0n) is 15.6. The number of nitrogens with one attached hydrogen (secondary N) is 1. The minimum Gasteiger partial charge on any atom is -0.313 e. The van der Waals surface area contributed by atoms with Gasteiger partial charge in [0.05, 0.1) is 0 Å². The highest BCUT2D eigenvalue weighted by Gasteiger charge is 2.28. The Labute approximate surface area is 163 Å². The van der Waals surface area contributed by atoms with Crippen LogP contribution >= 0.6 is 22.7 Å². The van der Waals surface area contributed by atoms with Gasteiger partial charge in [0, 0.05) is 27.1 Å². The Morgan fingerprint density at radius 3 is 2.92 bits per heavy atom. The lowest BCUT2D eigenvalue weighted by Gasteiger charge is -2.21. The third-order valence-electron chi connectivity index (χ3n) is 5.59. The standard InChI is InChI=1S/C21H26N2OS2/c1-3-14-9-10-16-17(11-14)26-21(18(16)20-22-13(2)12-25-20)23-19(24)15-7-5-4-6-8-15/h7,12,14H,3-6,8-11H2,1-2H3,(H,23,24). The van der Waals surface area contributed by atoms with Crippen LogP contribution in [0.3, 0.4) is 0 Å². The van der Waals surface area contributed by atoms with E-state index in [-0.39, 0.29) is 5.91 Å². The third-order valence-corrected chi connectivity index (χ3v) is 7.73. The summed E-state index contributed by atoms with van der Waals surface area (Å²) in [7, 11) is 0. The molecular formula is C21H26N2OS2. The van der Waals surface area contributed by atoms with Crippen molar-refractivity contribution in [3.05, 3.63) is 33.2 Å². The van der Waals surface area contributed by atoms with E-state index in [4.69, 9.17) is 4.98 Å². The van der Waals surface area contributed by atoms with Crippen LogP contribution in [0, 0.1) is 12.8 Å². The lowest BCUT2D eigenvalue weighted by Crippen LogP contribution is -2.15. The Kier molecular flexibility index (Phi) is 5.28. The third kappa shape index (κ3) is 3.52. The molecule has 1 amide bonds. The molecule has 2 aromatic rings. The normalized spacial score (nSPS) is 19.8. The maximum Gasteiger partial charge on any atom is 0.251 e. The quantitative estimate of drug-likeness (QED) is 0.686. The molecule has 2 aliphatic carbocycles. The van der Waals surface area contributed by atoms with Crippen molar-refractivity contribution in [2.75, 3.05) is 5.32 Å². The minimum absolute atomic E-state index is 0.0878. The van der Waals surface area contributed by atoms with Gasteiger partial charge in [0.15, 0.2) is 0 Å². The summed E-state index contributed by atoms with van der Waals surface area (Å²) in [5.74, 6) is 0.863. The lowest BCUT2D eigenvalue weighted by atomic mass is 9.86. The zero-order chi connectivity index (χ0) is 18.1. The number of rotatable bonds is 4. The molecule has 2 aliphatic rings. The number of anilines is 1. The topological polar surface area (TPSA) is 42.0 Å². The highest BCUT2D eigenvalue weighted by Crippen LogP contribution is 2.46. The van der Waals surface area contributed by atoms with Gasteiger partial charge in [-0.1, -0.05) is 19.4 Å². The average molecular weight is 387 g/mol. The maximum atomic E-state index is 12.8. The fourth-order valence-corrected chi connectivity index (χ4v) is 6.31. The number of allylic oxidation sites excluding steroid dienone is 1. The van der Waals surface area contributed by atoms with Crippen molar-refractivity contribution in [3.63, 3.8) is 0 Å². The highest BCUT2D eigenvalue weighted by atomic mass is 32.1. The first kappa shape index (κ1) is 17.9. The summed E-state index contributed by atoms with van der Waals surface area (Å²) < 4.78 is 0. The van der Waals surface area contributed by atoms with Gasteiger partial charge >= 0.3 is 0 Å². The van der Waals surface area contributed by atoms with Gasteiger partial charge in [-0.3, -0.25) is 4.79 Å². The van der Waals surface area contributed by atoms with Gasteiger partial charge in [-0.15, -0.1) is 22.7 Å². The fraction of sp³-hybridized carbons (Fsp3) is 0.524. The number of hydrogen-bond acceptors (Lipinski definition) is 4. The van der Waals surface area contributed by atoms with Crippen molar-refractivity contribution >= 4 is 33.6 Å². The summed E-state index contributed by atoms with van der Waals surface area (Å²) >= 11 is 3.48. The van der Waals surface area contributed by atoms with E-state index in [9.17, 15) is 4.79 Å². The largest absolute Gasteiger partial charge is 0.313 e. The van der Waals surface area contributed by atoms with Crippen LogP contribution in [0.5, 0.6) is 0 Å². The first-order valence-corrected chi connectivity index (χ1v) is 11.4. The van der Waals surface area contributed by atoms with E-state index in [1.165, 1.54) is 35.3 Å². The van der Waals surface area contributed by atoms with Crippen molar-refractivity contribution in [1.29, 1.82) is 0 Å². The Bertz CT molecular complexity index is 846. The predicted molar refractivity (Wildman–Crippen MR) is 111 cm³/mol. The van der Waals surface area contributed by atoms with Crippen LogP contribution in [0.4, 0.5) is 5.00 Å². The molecule has 0 aliphatic heterocycles. The molecule has 0 fully saturated rings. The molecule has 5 heteroatoms. The molecular weight excluding hydrogens is 360 g/mol. The Balaban J connectivity index is 1.70. The molecule has 138 valence electrons. The lowest BCUT2D eigenvalue weighted by molar-refractivity contribution is -0.113. The van der Waals surface area contributed by atoms with Crippen LogP contribution in [0.1, 0.15) is 61.6 Å². The summed E-state index contributed by atoms with van der Waals surface area (Å²) in [5.41, 5.74) is 4.64. The average Bonchev–Trinajstić information content (AvgIpc) is 3.24. The summed E-state index contributed by atoms with van der Waals surface area (Å²) in [6.45, 7) is 4.32. The molecule has 1 unspecified atom stereocenters. The minimum atomic E-state index is 0.0878. The molecule has 2 aromatic heterocycles. The first-order valence-electron chi connectivity index (χ1n) is 9.73. The number of carbonyl (C=O) groups excluding carboxylic acids is 1. The van der Waals surface area contributed by atoms with Crippen LogP contribution in [-0.2, 0) is 17.6 Å². The SMILES string of the molecule is CCC1CCc2c(sc(NC(=O)C3=CCCCC3)c2-c2nc(C)cs2)C1. The van der Waals surface area contributed by atoms with Crippen molar-refractivity contribution in [1.82, 2.24) is 4.98 Å². The highest BCUT2D eigenvalue weighted by molar-refractivity contribution is 7.18. The smallest absolute Gasteiger partial charge is 0.251 e. The number of nitrogens with zero attached hydrogens (tertiary/aromatic N) is 1. The summed E-state index contributed by atoms with van der Waals surface area (Å²) in [4.78, 5) is 19.0. The van der Waals surface area contributed by atoms with Crippen LogP contribution in [0.25, 0.3) is 10.6 Å². The number of thiophene rings is 1. The number of carbonyl (C=O) groups is 1. The van der Waals surface area contributed by atoms with Crippen LogP contribution < -0.4 is 5.32 Å². The number of aryl methyl sites for hydroxylation is 1. The predicted octanol–water partition coefficient (Wildman–Crippen LogP) is 6.13. The van der Waals surface area contributed by atoms with E-state index in [1.807, 2.05) is 6.92 Å². The summed E-state index contributed by atoms with van der Waals surface area (Å²) in [5, 5.41) is 7.43. The van der Waals surface area contributed by atoms with Crippen molar-refractivity contribution in [2.24, 2.45) is 5.92 Å². The fourth-order valence-electron chi connectivity index (χ4n) is 4.01. The van der Waals surface area contributed by atoms with Crippen LogP contribution in [0.15, 0.2) is 17.0 Å². The molecule has 0 saturated carbocycles. The monoisotopic (exact) mass is 386 g/mol. The Morgan fingerprint density at radius 1 is 1.35 bits per heavy atom. The van der Waals surface area contributed by atoms with E-state index in [0.717, 1.165) is 59.3 Å². The van der Waals surface area contributed by atoms with Crippen molar-refractivity contribution in [2.45, 2.75) is 65.2 Å². The second-order valence-electron chi connectivity index (χ2n) is 7.45. The Morgan fingerprint density at radius 2 is 2.23 bits per heavy atom. The van der Waals surface area contributed by atoms with E-state index in [0.29, 0.717) is 0 Å². The second-order valence-corrected chi connectivity index (χ2v) is 9.41. The van der Waals surface area contributed by atoms with Gasteiger partial charge in [0.25, 0.3) is 5.91 Å². The van der Waals surface area contributed by atoms with Crippen LogP contribution in [-0.4, -0.2) is 10.9 Å². The molecule has 0 spiro atoms. The maximum absolute atomic E-state index is 12.8. The van der Waals surface area contributed by atoms with E-state index >= 15 is 0 Å². The number of hydrogen-bond donors (Lipinski definition) is 1. The number of amides is 1. The molecule has 1 atom stereocenters. The molecule has 0 bridgehead atoms. The Hall–Kier alpha value is -1.46. The van der Waals surface area contributed by atoms with Crippen molar-refractivity contribution in [3.8, 4) is 10.6 Å². The summed E-state index contributed by atoms with van der Waals surface area (Å²) in [6.07, 6.45) is 11.1. The summed E-state index contributed by atoms with van der Waals surface area (Å²) in [6, 6.07) is 0. The second kappa shape index (κ2) is 7.65. The molecule has 2 heterocycles. The van der Waals surface area contributed by atoms with E-state index in [1.54, 1.807) is 22.7 Å². The molecule has 3 nitrogen and oxygen atoms in total. The number of thiazole rings is 1. The molecule has 0 aromatic carbocycles. The molecule has 1 N–H and O–H groups in total. The first-order chi connectivity index (χ1) is 12.7. The number of aromatic nitrogens is 1. The van der Waals surface area contributed by atoms with E-state index in [2.05, 4.69) is 23.7 Å². The number of fused-ring (bicyclic) bond motifs is 1. The van der Waals surface area contributed by atoms with Gasteiger partial charge in [-0.2, -0.15) is 0 Å². The van der Waals surface area contributed by atoms with E-state index < -0.39 is 0 Å². The zero-order valence-corrected chi connectivity index (χ0v) is 17.2.